The molecule has 34 heavy (non-hydrogen) atoms. The van der Waals surface area contributed by atoms with E-state index in [4.69, 9.17) is 5.73 Å². The number of aliphatic hydroxyl groups is 1. The van der Waals surface area contributed by atoms with Crippen LogP contribution in [0.15, 0.2) is 30.3 Å². The first-order chi connectivity index (χ1) is 15.9. The maximum Gasteiger partial charge on any atom is 0.326 e. The van der Waals surface area contributed by atoms with E-state index in [9.17, 15) is 29.4 Å². The summed E-state index contributed by atoms with van der Waals surface area (Å²) in [5.41, 5.74) is 6.73. The molecule has 0 aromatic heterocycles. The molecule has 4 unspecified atom stereocenters. The number of benzene rings is 1. The van der Waals surface area contributed by atoms with Crippen LogP contribution in [0.1, 0.15) is 46.1 Å². The van der Waals surface area contributed by atoms with E-state index in [1.54, 1.807) is 24.3 Å². The minimum atomic E-state index is -1.39. The summed E-state index contributed by atoms with van der Waals surface area (Å²) in [5.74, 6) is -3.05. The molecule has 1 aromatic rings. The third-order valence-corrected chi connectivity index (χ3v) is 5.11. The quantitative estimate of drug-likeness (QED) is 0.221. The lowest BCUT2D eigenvalue weighted by atomic mass is 10.0. The van der Waals surface area contributed by atoms with Crippen LogP contribution in [-0.2, 0) is 25.6 Å². The summed E-state index contributed by atoms with van der Waals surface area (Å²) in [4.78, 5) is 49.6. The van der Waals surface area contributed by atoms with Gasteiger partial charge in [-0.3, -0.25) is 14.4 Å². The van der Waals surface area contributed by atoms with Crippen molar-refractivity contribution in [3.05, 3.63) is 35.9 Å². The summed E-state index contributed by atoms with van der Waals surface area (Å²) >= 11 is 0. The smallest absolute Gasteiger partial charge is 0.326 e. The Morgan fingerprint density at radius 2 is 1.29 bits per heavy atom. The van der Waals surface area contributed by atoms with Crippen molar-refractivity contribution in [3.8, 4) is 0 Å². The van der Waals surface area contributed by atoms with Gasteiger partial charge in [-0.05, 0) is 30.2 Å². The molecule has 7 N–H and O–H groups in total. The van der Waals surface area contributed by atoms with Crippen LogP contribution < -0.4 is 21.7 Å². The van der Waals surface area contributed by atoms with Gasteiger partial charge in [0.25, 0.3) is 0 Å². The number of carboxylic acids is 1. The Kier molecular flexibility index (Phi) is 12.2. The van der Waals surface area contributed by atoms with Crippen molar-refractivity contribution < 1.29 is 29.4 Å². The number of rotatable bonds is 14. The van der Waals surface area contributed by atoms with E-state index in [0.29, 0.717) is 6.42 Å². The summed E-state index contributed by atoms with van der Waals surface area (Å²) in [6.45, 7) is 6.73. The number of carboxylic acid groups (broad SMARTS) is 1. The number of aliphatic carboxylic acids is 1. The van der Waals surface area contributed by atoms with Gasteiger partial charge in [0.05, 0.1) is 12.6 Å². The van der Waals surface area contributed by atoms with Crippen molar-refractivity contribution in [1.29, 1.82) is 0 Å². The Morgan fingerprint density at radius 1 is 0.794 bits per heavy atom. The van der Waals surface area contributed by atoms with Crippen molar-refractivity contribution in [2.24, 2.45) is 17.6 Å². The molecule has 1 rings (SSSR count). The van der Waals surface area contributed by atoms with Crippen LogP contribution in [-0.4, -0.2) is 64.7 Å². The van der Waals surface area contributed by atoms with Crippen molar-refractivity contribution in [2.45, 2.75) is 71.1 Å². The molecule has 0 heterocycles. The van der Waals surface area contributed by atoms with Crippen LogP contribution in [0.4, 0.5) is 0 Å². The number of carbonyl (C=O) groups is 4. The molecule has 10 heteroatoms. The molecular weight excluding hydrogens is 440 g/mol. The Balaban J connectivity index is 2.97. The summed E-state index contributed by atoms with van der Waals surface area (Å²) in [7, 11) is 0. The zero-order chi connectivity index (χ0) is 25.8. The highest BCUT2D eigenvalue weighted by atomic mass is 16.4. The maximum atomic E-state index is 13.0. The van der Waals surface area contributed by atoms with Gasteiger partial charge >= 0.3 is 5.97 Å². The molecule has 0 aliphatic rings. The number of nitrogens with one attached hydrogen (secondary N) is 3. The first-order valence-electron chi connectivity index (χ1n) is 11.5. The van der Waals surface area contributed by atoms with Crippen molar-refractivity contribution in [2.75, 3.05) is 6.61 Å². The molecule has 10 nitrogen and oxygen atoms in total. The lowest BCUT2D eigenvalue weighted by molar-refractivity contribution is -0.143. The van der Waals surface area contributed by atoms with Gasteiger partial charge in [-0.25, -0.2) is 4.79 Å². The minimum absolute atomic E-state index is 0.00378. The van der Waals surface area contributed by atoms with E-state index in [-0.39, 0.29) is 24.7 Å². The van der Waals surface area contributed by atoms with E-state index in [1.165, 1.54) is 0 Å². The third-order valence-electron chi connectivity index (χ3n) is 5.11. The summed E-state index contributed by atoms with van der Waals surface area (Å²) < 4.78 is 0. The molecule has 190 valence electrons. The lowest BCUT2D eigenvalue weighted by Gasteiger charge is -2.25. The fourth-order valence-electron chi connectivity index (χ4n) is 3.38. The molecule has 0 bridgehead atoms. The second kappa shape index (κ2) is 14.3. The van der Waals surface area contributed by atoms with E-state index >= 15 is 0 Å². The zero-order valence-electron chi connectivity index (χ0n) is 20.3. The molecule has 3 amide bonds. The number of hydrogen-bond donors (Lipinski definition) is 6. The monoisotopic (exact) mass is 478 g/mol. The second-order valence-electron chi connectivity index (χ2n) is 9.26. The largest absolute Gasteiger partial charge is 0.480 e. The number of carbonyl (C=O) groups excluding carboxylic acids is 3. The van der Waals surface area contributed by atoms with Gasteiger partial charge in [0.15, 0.2) is 0 Å². The van der Waals surface area contributed by atoms with Gasteiger partial charge in [0.2, 0.25) is 17.7 Å². The normalized spacial score (nSPS) is 14.7. The van der Waals surface area contributed by atoms with Crippen LogP contribution in [0, 0.1) is 11.8 Å². The van der Waals surface area contributed by atoms with E-state index < -0.39 is 54.5 Å². The number of amides is 3. The fraction of sp³-hybridized carbons (Fsp3) is 0.583. The Morgan fingerprint density at radius 3 is 1.79 bits per heavy atom. The topological polar surface area (TPSA) is 171 Å². The standard InChI is InChI=1S/C24H38N4O6/c1-14(2)10-17(25)21(30)26-18(12-16-8-6-5-7-9-16)22(31)28-20(13-29)23(32)27-19(24(33)34)11-15(3)4/h5-9,14-15,17-20,29H,10-13,25H2,1-4H3,(H,26,30)(H,27,32)(H,28,31)(H,33,34). The second-order valence-corrected chi connectivity index (χ2v) is 9.26. The maximum absolute atomic E-state index is 13.0. The fourth-order valence-corrected chi connectivity index (χ4v) is 3.38. The van der Waals surface area contributed by atoms with Gasteiger partial charge in [0, 0.05) is 6.42 Å². The van der Waals surface area contributed by atoms with Gasteiger partial charge < -0.3 is 31.9 Å². The van der Waals surface area contributed by atoms with E-state index in [2.05, 4.69) is 16.0 Å². The van der Waals surface area contributed by atoms with Crippen LogP contribution in [0.5, 0.6) is 0 Å². The van der Waals surface area contributed by atoms with Crippen LogP contribution >= 0.6 is 0 Å². The predicted molar refractivity (Wildman–Crippen MR) is 128 cm³/mol. The van der Waals surface area contributed by atoms with Gasteiger partial charge in [-0.15, -0.1) is 0 Å². The molecule has 0 radical (unpaired) electrons. The zero-order valence-corrected chi connectivity index (χ0v) is 20.3. The first kappa shape index (κ1) is 29.1. The van der Waals surface area contributed by atoms with Gasteiger partial charge in [-0.2, -0.15) is 0 Å². The predicted octanol–water partition coefficient (Wildman–Crippen LogP) is 0.180. The third kappa shape index (κ3) is 10.3. The Labute approximate surface area is 200 Å². The average molecular weight is 479 g/mol. The number of hydrogen-bond acceptors (Lipinski definition) is 6. The highest BCUT2D eigenvalue weighted by molar-refractivity contribution is 5.94. The van der Waals surface area contributed by atoms with Crippen LogP contribution in [0.2, 0.25) is 0 Å². The summed E-state index contributed by atoms with van der Waals surface area (Å²) in [5, 5.41) is 26.5. The average Bonchev–Trinajstić information content (AvgIpc) is 2.75. The van der Waals surface area contributed by atoms with E-state index in [1.807, 2.05) is 33.8 Å². The first-order valence-corrected chi connectivity index (χ1v) is 11.5. The Hall–Kier alpha value is -2.98. The molecular formula is C24H38N4O6. The number of nitrogens with two attached hydrogens (primary N) is 1. The molecule has 4 atom stereocenters. The summed E-state index contributed by atoms with van der Waals surface area (Å²) in [6, 6.07) is 4.57. The van der Waals surface area contributed by atoms with Crippen molar-refractivity contribution in [3.63, 3.8) is 0 Å². The van der Waals surface area contributed by atoms with Gasteiger partial charge in [-0.1, -0.05) is 58.0 Å². The lowest BCUT2D eigenvalue weighted by Crippen LogP contribution is -2.58. The molecule has 0 spiro atoms. The van der Waals surface area contributed by atoms with Crippen molar-refractivity contribution >= 4 is 23.7 Å². The Bertz CT molecular complexity index is 815. The van der Waals surface area contributed by atoms with Crippen LogP contribution in [0.25, 0.3) is 0 Å². The highest BCUT2D eigenvalue weighted by Crippen LogP contribution is 2.08. The molecule has 0 saturated heterocycles. The minimum Gasteiger partial charge on any atom is -0.480 e. The molecule has 0 aliphatic heterocycles. The van der Waals surface area contributed by atoms with E-state index in [0.717, 1.165) is 5.56 Å². The number of aliphatic hydroxyl groups excluding tert-OH is 1. The molecule has 0 aliphatic carbocycles. The molecule has 0 fully saturated rings. The van der Waals surface area contributed by atoms with Crippen LogP contribution in [0.3, 0.4) is 0 Å². The van der Waals surface area contributed by atoms with Gasteiger partial charge in [0.1, 0.15) is 18.1 Å². The highest BCUT2D eigenvalue weighted by Gasteiger charge is 2.30. The molecule has 0 saturated carbocycles. The summed E-state index contributed by atoms with van der Waals surface area (Å²) in [6.07, 6.45) is 0.755. The molecule has 1 aromatic carbocycles. The SMILES string of the molecule is CC(C)CC(N)C(=O)NC(Cc1ccccc1)C(=O)NC(CO)C(=O)NC(CC(C)C)C(=O)O. The van der Waals surface area contributed by atoms with Crippen molar-refractivity contribution in [1.82, 2.24) is 16.0 Å².